The molecule has 0 atom stereocenters. The predicted molar refractivity (Wildman–Crippen MR) is 271 cm³/mol. The quantitative estimate of drug-likeness (QED) is 0.0824. The van der Waals surface area contributed by atoms with Crippen molar-refractivity contribution in [2.75, 3.05) is 6.26 Å². The first-order valence-electron chi connectivity index (χ1n) is 20.1. The van der Waals surface area contributed by atoms with Gasteiger partial charge in [-0.2, -0.15) is 0 Å². The average molecular weight is 946 g/mol. The van der Waals surface area contributed by atoms with Gasteiger partial charge >= 0.3 is 17.1 Å². The van der Waals surface area contributed by atoms with Crippen LogP contribution in [0.4, 0.5) is 0 Å². The van der Waals surface area contributed by atoms with Gasteiger partial charge < -0.3 is 4.55 Å². The standard InChI is InChI=1S/3C18H15P.CH4O3S.Cu/c3*1-4-10-16(11-5-1)19(17-12-6-2-7-13-17)18-14-8-3-9-15-18;1-5(2,3)4;/h3*1-15H;1H3,(H,2,3,4);/q;;;;+1/p-1. The molecule has 9 rings (SSSR count). The summed E-state index contributed by atoms with van der Waals surface area (Å²) >= 11 is 0. The van der Waals surface area contributed by atoms with Crippen LogP contribution in [0.2, 0.25) is 0 Å². The summed E-state index contributed by atoms with van der Waals surface area (Å²) < 4.78 is 27.2. The number of rotatable bonds is 9. The Labute approximate surface area is 388 Å². The minimum absolute atomic E-state index is 0. The van der Waals surface area contributed by atoms with Crippen LogP contribution in [-0.2, 0) is 27.2 Å². The van der Waals surface area contributed by atoms with E-state index in [4.69, 9.17) is 13.0 Å². The van der Waals surface area contributed by atoms with Gasteiger partial charge in [-0.1, -0.05) is 273 Å². The van der Waals surface area contributed by atoms with Gasteiger partial charge in [0.1, 0.15) is 0 Å². The van der Waals surface area contributed by atoms with Gasteiger partial charge in [0.05, 0.1) is 10.1 Å². The van der Waals surface area contributed by atoms with Crippen LogP contribution in [-0.4, -0.2) is 19.2 Å². The Morgan fingerprint density at radius 2 is 0.333 bits per heavy atom. The maximum atomic E-state index is 9.08. The molecule has 318 valence electrons. The zero-order valence-electron chi connectivity index (χ0n) is 34.8. The van der Waals surface area contributed by atoms with E-state index in [9.17, 15) is 0 Å². The molecule has 0 saturated carbocycles. The van der Waals surface area contributed by atoms with Crippen LogP contribution in [0.5, 0.6) is 0 Å². The van der Waals surface area contributed by atoms with Crippen molar-refractivity contribution in [2.45, 2.75) is 0 Å². The second kappa shape index (κ2) is 26.4. The summed E-state index contributed by atoms with van der Waals surface area (Å²) in [6, 6.07) is 97.0. The van der Waals surface area contributed by atoms with Crippen molar-refractivity contribution in [1.82, 2.24) is 0 Å². The summed E-state index contributed by atoms with van der Waals surface area (Å²) in [5.74, 6) is 0. The largest absolute Gasteiger partial charge is 1.00 e. The van der Waals surface area contributed by atoms with Gasteiger partial charge in [-0.15, -0.1) is 0 Å². The van der Waals surface area contributed by atoms with Crippen molar-refractivity contribution >= 4 is 81.6 Å². The molecule has 0 spiro atoms. The first kappa shape index (κ1) is 48.7. The molecule has 0 aliphatic heterocycles. The molecule has 0 heterocycles. The van der Waals surface area contributed by atoms with E-state index in [1.54, 1.807) is 0 Å². The number of hydrogen-bond donors (Lipinski definition) is 0. The first-order chi connectivity index (χ1) is 30.3. The molecular formula is C55H48CuO3P3S. The Morgan fingerprint density at radius 1 is 0.254 bits per heavy atom. The Hall–Kier alpha value is -5.30. The Morgan fingerprint density at radius 3 is 0.413 bits per heavy atom. The molecule has 63 heavy (non-hydrogen) atoms. The second-order valence-corrected chi connectivity index (χ2v) is 21.8. The minimum atomic E-state index is -3.92. The summed E-state index contributed by atoms with van der Waals surface area (Å²) in [5.41, 5.74) is 0. The Balaban J connectivity index is 0.000000168. The SMILES string of the molecule is CS(=O)(=O)[O-].[Cu+].c1ccc(P(c2ccccc2)c2ccccc2)cc1.c1ccc(P(c2ccccc2)c2ccccc2)cc1.c1ccc(P(c2ccccc2)c2ccccc2)cc1. The zero-order chi connectivity index (χ0) is 43.2. The van der Waals surface area contributed by atoms with E-state index in [1.165, 1.54) is 47.7 Å². The van der Waals surface area contributed by atoms with Crippen molar-refractivity contribution in [2.24, 2.45) is 0 Å². The zero-order valence-corrected chi connectivity index (χ0v) is 39.2. The van der Waals surface area contributed by atoms with E-state index in [-0.39, 0.29) is 17.1 Å². The van der Waals surface area contributed by atoms with E-state index in [2.05, 4.69) is 273 Å². The Bertz CT molecular complexity index is 2120. The molecule has 9 aromatic carbocycles. The Kier molecular flexibility index (Phi) is 20.4. The average Bonchev–Trinajstić information content (AvgIpc) is 3.32. The molecule has 0 unspecified atom stereocenters. The first-order valence-corrected chi connectivity index (χ1v) is 26.0. The third-order valence-electron chi connectivity index (χ3n) is 9.13. The fourth-order valence-corrected chi connectivity index (χ4v) is 13.5. The molecule has 0 aliphatic rings. The van der Waals surface area contributed by atoms with E-state index in [0.717, 1.165) is 0 Å². The molecule has 9 aromatic rings. The van der Waals surface area contributed by atoms with Crippen molar-refractivity contribution in [3.8, 4) is 0 Å². The maximum absolute atomic E-state index is 9.08. The van der Waals surface area contributed by atoms with Gasteiger partial charge in [-0.25, -0.2) is 8.42 Å². The molecule has 0 aliphatic carbocycles. The molecule has 3 nitrogen and oxygen atoms in total. The van der Waals surface area contributed by atoms with E-state index >= 15 is 0 Å². The monoisotopic (exact) mass is 944 g/mol. The minimum Gasteiger partial charge on any atom is -0.748 e. The van der Waals surface area contributed by atoms with Gasteiger partial charge in [0.2, 0.25) is 0 Å². The van der Waals surface area contributed by atoms with Crippen LogP contribution in [0.1, 0.15) is 0 Å². The second-order valence-electron chi connectivity index (χ2n) is 13.7. The molecule has 0 radical (unpaired) electrons. The predicted octanol–water partition coefficient (Wildman–Crippen LogP) is 9.49. The van der Waals surface area contributed by atoms with Gasteiger partial charge in [0.15, 0.2) is 0 Å². The number of benzene rings is 9. The van der Waals surface area contributed by atoms with Crippen molar-refractivity contribution in [1.29, 1.82) is 0 Å². The summed E-state index contributed by atoms with van der Waals surface area (Å²) in [4.78, 5) is 0. The third-order valence-corrected chi connectivity index (χ3v) is 16.5. The molecule has 0 aromatic heterocycles. The van der Waals surface area contributed by atoms with E-state index in [0.29, 0.717) is 6.26 Å². The normalized spacial score (nSPS) is 10.5. The van der Waals surface area contributed by atoms with Crippen LogP contribution in [0.15, 0.2) is 273 Å². The molecule has 8 heteroatoms. The van der Waals surface area contributed by atoms with Crippen molar-refractivity contribution < 1.29 is 30.0 Å². The van der Waals surface area contributed by atoms with E-state index in [1.807, 2.05) is 0 Å². The van der Waals surface area contributed by atoms with Gasteiger partial charge in [0, 0.05) is 6.26 Å². The van der Waals surface area contributed by atoms with Gasteiger partial charge in [0.25, 0.3) is 0 Å². The van der Waals surface area contributed by atoms with Gasteiger partial charge in [-0.05, 0) is 71.5 Å². The molecule has 0 bridgehead atoms. The fraction of sp³-hybridized carbons (Fsp3) is 0.0182. The van der Waals surface area contributed by atoms with Crippen LogP contribution in [0.25, 0.3) is 0 Å². The smallest absolute Gasteiger partial charge is 0.748 e. The van der Waals surface area contributed by atoms with Crippen LogP contribution in [0.3, 0.4) is 0 Å². The fourth-order valence-electron chi connectivity index (χ4n) is 6.54. The summed E-state index contributed by atoms with van der Waals surface area (Å²) in [6.07, 6.45) is 0.604. The van der Waals surface area contributed by atoms with Crippen LogP contribution in [0, 0.1) is 0 Å². The van der Waals surface area contributed by atoms with Crippen molar-refractivity contribution in [3.05, 3.63) is 273 Å². The molecule has 0 N–H and O–H groups in total. The van der Waals surface area contributed by atoms with Crippen LogP contribution >= 0.6 is 23.8 Å². The van der Waals surface area contributed by atoms with Crippen LogP contribution < -0.4 is 47.7 Å². The molecule has 0 saturated heterocycles. The summed E-state index contributed by atoms with van der Waals surface area (Å²) in [6.45, 7) is 0. The van der Waals surface area contributed by atoms with Crippen molar-refractivity contribution in [3.63, 3.8) is 0 Å². The van der Waals surface area contributed by atoms with Gasteiger partial charge in [-0.3, -0.25) is 0 Å². The molecule has 0 fully saturated rings. The molecular weight excluding hydrogens is 897 g/mol. The third kappa shape index (κ3) is 16.1. The maximum Gasteiger partial charge on any atom is 1.00 e. The topological polar surface area (TPSA) is 57.2 Å². The van der Waals surface area contributed by atoms with E-state index < -0.39 is 33.9 Å². The molecule has 0 amide bonds. The number of hydrogen-bond acceptors (Lipinski definition) is 3. The summed E-state index contributed by atoms with van der Waals surface area (Å²) in [7, 11) is -5.25. The summed E-state index contributed by atoms with van der Waals surface area (Å²) in [5, 5.41) is 12.6.